The lowest BCUT2D eigenvalue weighted by Crippen LogP contribution is -2.48. The number of phenols is 1. The van der Waals surface area contributed by atoms with Crippen molar-refractivity contribution in [3.8, 4) is 5.75 Å². The van der Waals surface area contributed by atoms with Crippen LogP contribution >= 0.6 is 15.9 Å². The van der Waals surface area contributed by atoms with E-state index in [-0.39, 0.29) is 11.7 Å². The maximum Gasteiger partial charge on any atom is 0.222 e. The fraction of sp³-hybridized carbons (Fsp3) is 0.333. The lowest BCUT2D eigenvalue weighted by molar-refractivity contribution is -0.131. The zero-order valence-corrected chi connectivity index (χ0v) is 17.2. The molecule has 1 fully saturated rings. The van der Waals surface area contributed by atoms with Gasteiger partial charge in [-0.15, -0.1) is 0 Å². The summed E-state index contributed by atoms with van der Waals surface area (Å²) < 4.78 is 0.667. The Morgan fingerprint density at radius 3 is 2.48 bits per heavy atom. The highest BCUT2D eigenvalue weighted by molar-refractivity contribution is 9.10. The number of aromatic hydroxyl groups is 1. The van der Waals surface area contributed by atoms with E-state index in [1.807, 2.05) is 43.0 Å². The molecule has 0 radical (unpaired) electrons. The van der Waals surface area contributed by atoms with Crippen molar-refractivity contribution in [3.05, 3.63) is 52.0 Å². The minimum Gasteiger partial charge on any atom is -0.506 e. The number of anilines is 1. The minimum atomic E-state index is 0.195. The van der Waals surface area contributed by atoms with E-state index in [1.165, 1.54) is 0 Å². The van der Waals surface area contributed by atoms with Gasteiger partial charge in [-0.3, -0.25) is 9.79 Å². The molecule has 0 unspecified atom stereocenters. The highest BCUT2D eigenvalue weighted by Gasteiger charge is 2.19. The van der Waals surface area contributed by atoms with Crippen molar-refractivity contribution < 1.29 is 9.90 Å². The van der Waals surface area contributed by atoms with E-state index in [1.54, 1.807) is 6.21 Å². The molecule has 1 N–H and O–H groups in total. The fourth-order valence-corrected chi connectivity index (χ4v) is 3.78. The SMILES string of the molecule is CCC(=O)N1CCN(c2ccc(N=Cc3cc(C)cc(Br)c3O)cc2)CC1. The van der Waals surface area contributed by atoms with Crippen LogP contribution in [0.3, 0.4) is 0 Å². The van der Waals surface area contributed by atoms with E-state index in [4.69, 9.17) is 0 Å². The summed E-state index contributed by atoms with van der Waals surface area (Å²) in [7, 11) is 0. The number of carbonyl (C=O) groups is 1. The predicted octanol–water partition coefficient (Wildman–Crippen LogP) is 4.27. The molecule has 3 rings (SSSR count). The molecule has 1 aliphatic heterocycles. The third-order valence-electron chi connectivity index (χ3n) is 4.74. The predicted molar refractivity (Wildman–Crippen MR) is 113 cm³/mol. The molecule has 1 amide bonds. The van der Waals surface area contributed by atoms with Crippen LogP contribution in [-0.4, -0.2) is 48.3 Å². The topological polar surface area (TPSA) is 56.1 Å². The summed E-state index contributed by atoms with van der Waals surface area (Å²) in [5.41, 5.74) is 3.70. The van der Waals surface area contributed by atoms with Crippen molar-refractivity contribution in [3.63, 3.8) is 0 Å². The second kappa shape index (κ2) is 8.57. The van der Waals surface area contributed by atoms with Gasteiger partial charge in [0.15, 0.2) is 0 Å². The lowest BCUT2D eigenvalue weighted by Gasteiger charge is -2.36. The Morgan fingerprint density at radius 1 is 1.19 bits per heavy atom. The van der Waals surface area contributed by atoms with Crippen molar-refractivity contribution >= 4 is 39.4 Å². The number of rotatable bonds is 4. The fourth-order valence-electron chi connectivity index (χ4n) is 3.19. The first-order chi connectivity index (χ1) is 13.0. The Hall–Kier alpha value is -2.34. The lowest BCUT2D eigenvalue weighted by atomic mass is 10.1. The summed E-state index contributed by atoms with van der Waals surface area (Å²) in [5.74, 6) is 0.422. The molecule has 0 saturated carbocycles. The number of hydrogen-bond acceptors (Lipinski definition) is 4. The van der Waals surface area contributed by atoms with Crippen LogP contribution in [0.1, 0.15) is 24.5 Å². The summed E-state index contributed by atoms with van der Waals surface area (Å²) in [5, 5.41) is 10.1. The standard InChI is InChI=1S/C21H24BrN3O2/c1-3-20(26)25-10-8-24(9-11-25)18-6-4-17(5-7-18)23-14-16-12-15(2)13-19(22)21(16)27/h4-7,12-14,27H,3,8-11H2,1-2H3. The molecule has 2 aromatic rings. The number of aliphatic imine (C=N–C) groups is 1. The molecule has 27 heavy (non-hydrogen) atoms. The summed E-state index contributed by atoms with van der Waals surface area (Å²) in [6, 6.07) is 11.8. The highest BCUT2D eigenvalue weighted by atomic mass is 79.9. The molecule has 142 valence electrons. The molecule has 0 spiro atoms. The second-order valence-electron chi connectivity index (χ2n) is 6.68. The maximum atomic E-state index is 11.8. The molecule has 5 nitrogen and oxygen atoms in total. The third-order valence-corrected chi connectivity index (χ3v) is 5.34. The third kappa shape index (κ3) is 4.69. The van der Waals surface area contributed by atoms with E-state index >= 15 is 0 Å². The Bertz CT molecular complexity index is 841. The molecule has 6 heteroatoms. The van der Waals surface area contributed by atoms with Crippen molar-refractivity contribution in [1.82, 2.24) is 4.90 Å². The summed E-state index contributed by atoms with van der Waals surface area (Å²) >= 11 is 3.35. The smallest absolute Gasteiger partial charge is 0.222 e. The van der Waals surface area contributed by atoms with Crippen LogP contribution < -0.4 is 4.90 Å². The molecule has 0 bridgehead atoms. The molecule has 1 saturated heterocycles. The summed E-state index contributed by atoms with van der Waals surface area (Å²) in [6.07, 6.45) is 2.25. The van der Waals surface area contributed by atoms with Gasteiger partial charge in [-0.2, -0.15) is 0 Å². The Balaban J connectivity index is 1.65. The number of phenolic OH excluding ortho intramolecular Hbond substituents is 1. The molecule has 0 aliphatic carbocycles. The van der Waals surface area contributed by atoms with Crippen LogP contribution in [0.2, 0.25) is 0 Å². The first-order valence-corrected chi connectivity index (χ1v) is 9.93. The van der Waals surface area contributed by atoms with Crippen LogP contribution in [0.4, 0.5) is 11.4 Å². The Labute approximate surface area is 168 Å². The number of piperazine rings is 1. The van der Waals surface area contributed by atoms with Crippen molar-refractivity contribution in [2.24, 2.45) is 4.99 Å². The summed E-state index contributed by atoms with van der Waals surface area (Å²) in [6.45, 7) is 7.12. The maximum absolute atomic E-state index is 11.8. The molecule has 1 aliphatic rings. The van der Waals surface area contributed by atoms with Gasteiger partial charge in [0.1, 0.15) is 5.75 Å². The number of benzene rings is 2. The zero-order chi connectivity index (χ0) is 19.4. The molecule has 2 aromatic carbocycles. The van der Waals surface area contributed by atoms with Crippen LogP contribution in [0, 0.1) is 6.92 Å². The van der Waals surface area contributed by atoms with Crippen molar-refractivity contribution in [2.75, 3.05) is 31.1 Å². The second-order valence-corrected chi connectivity index (χ2v) is 7.53. The average Bonchev–Trinajstić information content (AvgIpc) is 2.69. The minimum absolute atomic E-state index is 0.195. The number of aryl methyl sites for hydroxylation is 1. The van der Waals surface area contributed by atoms with Crippen molar-refractivity contribution in [2.45, 2.75) is 20.3 Å². The normalized spacial score (nSPS) is 14.8. The summed E-state index contributed by atoms with van der Waals surface area (Å²) in [4.78, 5) is 20.5. The van der Waals surface area contributed by atoms with Gasteiger partial charge in [-0.05, 0) is 64.8 Å². The quantitative estimate of drug-likeness (QED) is 0.738. The molecule has 0 atom stereocenters. The van der Waals surface area contributed by atoms with Gasteiger partial charge in [0.2, 0.25) is 5.91 Å². The Morgan fingerprint density at radius 2 is 1.85 bits per heavy atom. The average molecular weight is 430 g/mol. The Kier molecular flexibility index (Phi) is 6.16. The van der Waals surface area contributed by atoms with Crippen molar-refractivity contribution in [1.29, 1.82) is 0 Å². The van der Waals surface area contributed by atoms with Crippen LogP contribution in [-0.2, 0) is 4.79 Å². The van der Waals surface area contributed by atoms with E-state index in [2.05, 4.69) is 38.0 Å². The highest BCUT2D eigenvalue weighted by Crippen LogP contribution is 2.29. The van der Waals surface area contributed by atoms with Gasteiger partial charge in [-0.25, -0.2) is 0 Å². The van der Waals surface area contributed by atoms with Gasteiger partial charge in [-0.1, -0.05) is 6.92 Å². The van der Waals surface area contributed by atoms with E-state index in [0.29, 0.717) is 16.5 Å². The zero-order valence-electron chi connectivity index (χ0n) is 15.7. The van der Waals surface area contributed by atoms with Crippen LogP contribution in [0.5, 0.6) is 5.75 Å². The molecular weight excluding hydrogens is 406 g/mol. The van der Waals surface area contributed by atoms with Gasteiger partial charge >= 0.3 is 0 Å². The van der Waals surface area contributed by atoms with Crippen LogP contribution in [0.25, 0.3) is 0 Å². The largest absolute Gasteiger partial charge is 0.506 e. The van der Waals surface area contributed by atoms with Gasteiger partial charge in [0.05, 0.1) is 10.2 Å². The number of hydrogen-bond donors (Lipinski definition) is 1. The first-order valence-electron chi connectivity index (χ1n) is 9.14. The number of halogens is 1. The number of nitrogens with zero attached hydrogens (tertiary/aromatic N) is 3. The van der Waals surface area contributed by atoms with Gasteiger partial charge in [0.25, 0.3) is 0 Å². The molecule has 1 heterocycles. The monoisotopic (exact) mass is 429 g/mol. The number of carbonyl (C=O) groups excluding carboxylic acids is 1. The van der Waals surface area contributed by atoms with E-state index in [9.17, 15) is 9.90 Å². The van der Waals surface area contributed by atoms with Gasteiger partial charge in [0, 0.05) is 50.1 Å². The van der Waals surface area contributed by atoms with Crippen LogP contribution in [0.15, 0.2) is 45.9 Å². The first kappa shape index (κ1) is 19.4. The molecule has 0 aromatic heterocycles. The van der Waals surface area contributed by atoms with E-state index < -0.39 is 0 Å². The molecular formula is C21H24BrN3O2. The van der Waals surface area contributed by atoms with E-state index in [0.717, 1.165) is 43.1 Å². The van der Waals surface area contributed by atoms with Gasteiger partial charge < -0.3 is 14.9 Å². The number of amides is 1.